The summed E-state index contributed by atoms with van der Waals surface area (Å²) in [5, 5.41) is 2.19. The molecule has 1 aliphatic heterocycles. The largest absolute Gasteiger partial charge is 0.342 e. The van der Waals surface area contributed by atoms with Crippen LogP contribution in [0.5, 0.6) is 0 Å². The van der Waals surface area contributed by atoms with Gasteiger partial charge in [-0.2, -0.15) is 8.42 Å². The van der Waals surface area contributed by atoms with Gasteiger partial charge in [-0.3, -0.25) is 4.18 Å². The fraction of sp³-hybridized carbons (Fsp3) is 0.316. The van der Waals surface area contributed by atoms with E-state index in [1.165, 1.54) is 0 Å². The standard InChI is InChI=1S/C19H20N2O5S/c1-27(22,23)25-12-18-11-24-19(26-18,13-21-9-8-20-14-21)17-7-6-15-4-2-3-5-16(15)10-17/h2-10,14,18H,11-13H2,1H3/t18-,19-/m0/s1. The second-order valence-corrected chi connectivity index (χ2v) is 8.23. The Morgan fingerprint density at radius 3 is 2.81 bits per heavy atom. The third kappa shape index (κ3) is 4.03. The van der Waals surface area contributed by atoms with Gasteiger partial charge < -0.3 is 14.0 Å². The fourth-order valence-electron chi connectivity index (χ4n) is 3.22. The molecule has 0 radical (unpaired) electrons. The van der Waals surface area contributed by atoms with Crippen LogP contribution in [0.4, 0.5) is 0 Å². The van der Waals surface area contributed by atoms with Gasteiger partial charge in [-0.05, 0) is 16.8 Å². The molecule has 2 atom stereocenters. The first-order chi connectivity index (χ1) is 12.9. The molecule has 0 aliphatic carbocycles. The van der Waals surface area contributed by atoms with E-state index < -0.39 is 22.0 Å². The number of benzene rings is 2. The third-order valence-electron chi connectivity index (χ3n) is 4.47. The van der Waals surface area contributed by atoms with Crippen LogP contribution in [0.1, 0.15) is 5.56 Å². The summed E-state index contributed by atoms with van der Waals surface area (Å²) in [6, 6.07) is 14.1. The van der Waals surface area contributed by atoms with Gasteiger partial charge in [0.15, 0.2) is 0 Å². The maximum absolute atomic E-state index is 11.3. The highest BCUT2D eigenvalue weighted by Gasteiger charge is 2.44. The summed E-state index contributed by atoms with van der Waals surface area (Å²) >= 11 is 0. The van der Waals surface area contributed by atoms with Crippen LogP contribution in [-0.4, -0.2) is 43.5 Å². The van der Waals surface area contributed by atoms with E-state index in [2.05, 4.69) is 4.98 Å². The van der Waals surface area contributed by atoms with Gasteiger partial charge in [0, 0.05) is 18.0 Å². The molecule has 1 saturated heterocycles. The second-order valence-electron chi connectivity index (χ2n) is 6.59. The van der Waals surface area contributed by atoms with Crippen molar-refractivity contribution in [2.45, 2.75) is 18.4 Å². The lowest BCUT2D eigenvalue weighted by molar-refractivity contribution is -0.189. The first-order valence-corrected chi connectivity index (χ1v) is 10.4. The maximum Gasteiger partial charge on any atom is 0.264 e. The smallest absolute Gasteiger partial charge is 0.264 e. The summed E-state index contributed by atoms with van der Waals surface area (Å²) in [6.07, 6.45) is 5.74. The molecule has 1 aliphatic rings. The lowest BCUT2D eigenvalue weighted by atomic mass is 10.0. The van der Waals surface area contributed by atoms with Gasteiger partial charge in [0.25, 0.3) is 10.1 Å². The average Bonchev–Trinajstić information content (AvgIpc) is 3.30. The van der Waals surface area contributed by atoms with Crippen molar-refractivity contribution in [3.05, 3.63) is 66.7 Å². The summed E-state index contributed by atoms with van der Waals surface area (Å²) in [6.45, 7) is 0.538. The quantitative estimate of drug-likeness (QED) is 0.603. The van der Waals surface area contributed by atoms with Gasteiger partial charge in [0.05, 0.1) is 32.3 Å². The Kier molecular flexibility index (Phi) is 4.73. The molecule has 0 amide bonds. The van der Waals surface area contributed by atoms with Crippen LogP contribution >= 0.6 is 0 Å². The summed E-state index contributed by atoms with van der Waals surface area (Å²) in [5.74, 6) is -1.05. The highest BCUT2D eigenvalue weighted by atomic mass is 32.2. The Labute approximate surface area is 157 Å². The van der Waals surface area contributed by atoms with E-state index in [4.69, 9.17) is 13.7 Å². The SMILES string of the molecule is CS(=O)(=O)OC[C@@H]1CO[C@](Cn2ccnc2)(c2ccc3ccccc3c2)O1. The van der Waals surface area contributed by atoms with E-state index in [0.29, 0.717) is 6.54 Å². The molecule has 1 aromatic heterocycles. The van der Waals surface area contributed by atoms with Crippen molar-refractivity contribution in [3.8, 4) is 0 Å². The third-order valence-corrected chi connectivity index (χ3v) is 5.03. The number of fused-ring (bicyclic) bond motifs is 1. The molecule has 0 unspecified atom stereocenters. The highest BCUT2D eigenvalue weighted by Crippen LogP contribution is 2.37. The van der Waals surface area contributed by atoms with Crippen LogP contribution < -0.4 is 0 Å². The van der Waals surface area contributed by atoms with Crippen molar-refractivity contribution in [2.24, 2.45) is 0 Å². The van der Waals surface area contributed by atoms with Crippen molar-refractivity contribution in [1.29, 1.82) is 0 Å². The Bertz CT molecular complexity index is 1040. The molecule has 1 fully saturated rings. The molecule has 0 spiro atoms. The normalized spacial score (nSPS) is 23.1. The van der Waals surface area contributed by atoms with Gasteiger partial charge in [-0.1, -0.05) is 36.4 Å². The van der Waals surface area contributed by atoms with E-state index in [0.717, 1.165) is 22.6 Å². The minimum Gasteiger partial charge on any atom is -0.342 e. The van der Waals surface area contributed by atoms with Gasteiger partial charge in [-0.25, -0.2) is 4.98 Å². The molecule has 2 heterocycles. The fourth-order valence-corrected chi connectivity index (χ4v) is 3.62. The lowest BCUT2D eigenvalue weighted by Gasteiger charge is -2.29. The summed E-state index contributed by atoms with van der Waals surface area (Å²) in [5.41, 5.74) is 0.858. The minimum absolute atomic E-state index is 0.0852. The molecule has 0 bridgehead atoms. The monoisotopic (exact) mass is 388 g/mol. The predicted octanol–water partition coefficient (Wildman–Crippen LogP) is 2.28. The van der Waals surface area contributed by atoms with Crippen molar-refractivity contribution >= 4 is 20.9 Å². The van der Waals surface area contributed by atoms with Gasteiger partial charge in [0.2, 0.25) is 5.79 Å². The zero-order valence-corrected chi connectivity index (χ0v) is 15.6. The number of aromatic nitrogens is 2. The Hall–Kier alpha value is -2.26. The number of hydrogen-bond donors (Lipinski definition) is 0. The number of nitrogens with zero attached hydrogens (tertiary/aromatic N) is 2. The van der Waals surface area contributed by atoms with Crippen LogP contribution in [0.15, 0.2) is 61.2 Å². The van der Waals surface area contributed by atoms with Crippen LogP contribution in [-0.2, 0) is 36.1 Å². The first-order valence-electron chi connectivity index (χ1n) is 8.55. The molecule has 0 saturated carbocycles. The number of rotatable bonds is 6. The molecular formula is C19H20N2O5S. The van der Waals surface area contributed by atoms with Crippen molar-refractivity contribution in [3.63, 3.8) is 0 Å². The molecule has 4 rings (SSSR count). The average molecular weight is 388 g/mol. The minimum atomic E-state index is -3.54. The molecule has 3 aromatic rings. The van der Waals surface area contributed by atoms with Crippen LogP contribution in [0.3, 0.4) is 0 Å². The number of hydrogen-bond acceptors (Lipinski definition) is 6. The van der Waals surface area contributed by atoms with Crippen molar-refractivity contribution in [2.75, 3.05) is 19.5 Å². The van der Waals surface area contributed by atoms with Gasteiger partial charge in [0.1, 0.15) is 6.10 Å². The molecular weight excluding hydrogens is 368 g/mol. The molecule has 7 nitrogen and oxygen atoms in total. The molecule has 2 aromatic carbocycles. The van der Waals surface area contributed by atoms with Gasteiger partial charge in [-0.15, -0.1) is 0 Å². The first kappa shape index (κ1) is 18.1. The van der Waals surface area contributed by atoms with E-state index in [1.807, 2.05) is 53.2 Å². The maximum atomic E-state index is 11.3. The van der Waals surface area contributed by atoms with E-state index in [9.17, 15) is 8.42 Å². The second kappa shape index (κ2) is 7.05. The highest BCUT2D eigenvalue weighted by molar-refractivity contribution is 7.85. The van der Waals surface area contributed by atoms with Crippen LogP contribution in [0.25, 0.3) is 10.8 Å². The summed E-state index contributed by atoms with van der Waals surface area (Å²) in [4.78, 5) is 4.07. The van der Waals surface area contributed by atoms with Crippen LogP contribution in [0.2, 0.25) is 0 Å². The lowest BCUT2D eigenvalue weighted by Crippen LogP contribution is -2.34. The predicted molar refractivity (Wildman–Crippen MR) is 99.5 cm³/mol. The number of ether oxygens (including phenoxy) is 2. The molecule has 8 heteroatoms. The topological polar surface area (TPSA) is 79.7 Å². The van der Waals surface area contributed by atoms with E-state index >= 15 is 0 Å². The zero-order chi connectivity index (χ0) is 18.9. The Morgan fingerprint density at radius 2 is 2.07 bits per heavy atom. The van der Waals surface area contributed by atoms with Crippen LogP contribution in [0, 0.1) is 0 Å². The molecule has 27 heavy (non-hydrogen) atoms. The number of imidazole rings is 1. The Balaban J connectivity index is 1.66. The van der Waals surface area contributed by atoms with E-state index in [1.54, 1.807) is 12.5 Å². The van der Waals surface area contributed by atoms with Crippen molar-refractivity contribution in [1.82, 2.24) is 9.55 Å². The summed E-state index contributed by atoms with van der Waals surface area (Å²) in [7, 11) is -3.54. The molecule has 0 N–H and O–H groups in total. The summed E-state index contributed by atoms with van der Waals surface area (Å²) < 4.78 is 41.6. The van der Waals surface area contributed by atoms with Gasteiger partial charge >= 0.3 is 0 Å². The molecule has 142 valence electrons. The Morgan fingerprint density at radius 1 is 1.26 bits per heavy atom. The van der Waals surface area contributed by atoms with Crippen molar-refractivity contribution < 1.29 is 22.1 Å². The zero-order valence-electron chi connectivity index (χ0n) is 14.8. The van der Waals surface area contributed by atoms with E-state index in [-0.39, 0.29) is 13.2 Å².